The first-order valence-corrected chi connectivity index (χ1v) is 11.8. The van der Waals surface area contributed by atoms with Gasteiger partial charge in [0.15, 0.2) is 0 Å². The van der Waals surface area contributed by atoms with Gasteiger partial charge in [-0.3, -0.25) is 9.59 Å². The first-order valence-electron chi connectivity index (χ1n) is 11.8. The first-order chi connectivity index (χ1) is 16.8. The molecule has 0 saturated heterocycles. The van der Waals surface area contributed by atoms with Crippen LogP contribution < -0.4 is 0 Å². The minimum absolute atomic E-state index is 0.112. The maximum atomic E-state index is 13.5. The van der Waals surface area contributed by atoms with Crippen LogP contribution in [-0.4, -0.2) is 64.1 Å². The van der Waals surface area contributed by atoms with Crippen LogP contribution in [0.25, 0.3) is 0 Å². The fraction of sp³-hybridized carbons (Fsp3) is 0.423. The second kappa shape index (κ2) is 12.1. The third-order valence-corrected chi connectivity index (χ3v) is 6.33. The summed E-state index contributed by atoms with van der Waals surface area (Å²) in [6, 6.07) is 14.6. The van der Waals surface area contributed by atoms with Crippen molar-refractivity contribution < 1.29 is 24.2 Å². The molecule has 1 amide bonds. The number of amides is 1. The number of carbonyl (C=O) groups is 3. The second-order valence-electron chi connectivity index (χ2n) is 8.62. The highest BCUT2D eigenvalue weighted by Gasteiger charge is 2.39. The lowest BCUT2D eigenvalue weighted by molar-refractivity contribution is -0.155. The van der Waals surface area contributed by atoms with Crippen molar-refractivity contribution in [3.63, 3.8) is 0 Å². The molecule has 2 aromatic rings. The van der Waals surface area contributed by atoms with Crippen LogP contribution in [0.4, 0.5) is 0 Å². The van der Waals surface area contributed by atoms with E-state index < -0.39 is 36.5 Å². The summed E-state index contributed by atoms with van der Waals surface area (Å²) in [6.45, 7) is 2.73. The number of carboxylic acids is 1. The molecule has 0 saturated carbocycles. The van der Waals surface area contributed by atoms with Gasteiger partial charge in [-0.05, 0) is 56.2 Å². The van der Waals surface area contributed by atoms with E-state index in [1.54, 1.807) is 6.92 Å². The lowest BCUT2D eigenvalue weighted by atomic mass is 10.0. The van der Waals surface area contributed by atoms with Crippen molar-refractivity contribution in [2.75, 3.05) is 13.2 Å². The highest BCUT2D eigenvalue weighted by Crippen LogP contribution is 2.27. The van der Waals surface area contributed by atoms with E-state index in [4.69, 9.17) is 4.74 Å². The zero-order chi connectivity index (χ0) is 25.4. The molecule has 186 valence electrons. The molecule has 0 aromatic heterocycles. The van der Waals surface area contributed by atoms with Gasteiger partial charge in [0.1, 0.15) is 18.6 Å². The molecule has 1 N–H and O–H groups in total. The van der Waals surface area contributed by atoms with Crippen LogP contribution in [0.1, 0.15) is 37.0 Å². The molecule has 9 heteroatoms. The van der Waals surface area contributed by atoms with Gasteiger partial charge < -0.3 is 14.7 Å². The summed E-state index contributed by atoms with van der Waals surface area (Å²) in [4.78, 5) is 51.2. The molecule has 9 nitrogen and oxygen atoms in total. The number of hydrogen-bond acceptors (Lipinski definition) is 6. The van der Waals surface area contributed by atoms with Gasteiger partial charge >= 0.3 is 11.9 Å². The van der Waals surface area contributed by atoms with Crippen molar-refractivity contribution in [2.45, 2.75) is 57.7 Å². The summed E-state index contributed by atoms with van der Waals surface area (Å²) in [6.07, 6.45) is 1.71. The number of ether oxygens (including phenoxy) is 1. The van der Waals surface area contributed by atoms with Crippen molar-refractivity contribution in [3.05, 3.63) is 76.2 Å². The number of rotatable bonds is 12. The van der Waals surface area contributed by atoms with Crippen molar-refractivity contribution in [2.24, 2.45) is 5.29 Å². The molecule has 0 unspecified atom stereocenters. The summed E-state index contributed by atoms with van der Waals surface area (Å²) in [5.41, 5.74) is 3.08. The highest BCUT2D eigenvalue weighted by molar-refractivity contribution is 5.86. The van der Waals surface area contributed by atoms with Crippen molar-refractivity contribution in [1.82, 2.24) is 9.91 Å². The predicted molar refractivity (Wildman–Crippen MR) is 129 cm³/mol. The normalized spacial score (nSPS) is 14.5. The van der Waals surface area contributed by atoms with Crippen LogP contribution in [-0.2, 0) is 38.4 Å². The zero-order valence-corrected chi connectivity index (χ0v) is 20.0. The van der Waals surface area contributed by atoms with E-state index >= 15 is 0 Å². The maximum absolute atomic E-state index is 13.5. The molecule has 2 atom stereocenters. The molecule has 0 aliphatic heterocycles. The summed E-state index contributed by atoms with van der Waals surface area (Å²) in [7, 11) is 0. The van der Waals surface area contributed by atoms with Gasteiger partial charge in [-0.25, -0.2) is 9.80 Å². The van der Waals surface area contributed by atoms with E-state index in [0.717, 1.165) is 21.7 Å². The molecule has 2 aromatic carbocycles. The topological polar surface area (TPSA) is 117 Å². The Hall–Kier alpha value is -3.75. The Morgan fingerprint density at radius 1 is 1.06 bits per heavy atom. The van der Waals surface area contributed by atoms with Gasteiger partial charge in [-0.15, -0.1) is 4.91 Å². The van der Waals surface area contributed by atoms with Crippen molar-refractivity contribution >= 4 is 17.8 Å². The van der Waals surface area contributed by atoms with Crippen LogP contribution in [0.3, 0.4) is 0 Å². The zero-order valence-electron chi connectivity index (χ0n) is 20.0. The third-order valence-electron chi connectivity index (χ3n) is 6.33. The average Bonchev–Trinajstić information content (AvgIpc) is 3.29. The number of aryl methyl sites for hydroxylation is 1. The van der Waals surface area contributed by atoms with Gasteiger partial charge in [-0.2, -0.15) is 0 Å². The monoisotopic (exact) mass is 481 g/mol. The summed E-state index contributed by atoms with van der Waals surface area (Å²) in [5, 5.41) is 13.5. The van der Waals surface area contributed by atoms with E-state index in [2.05, 4.69) is 5.29 Å². The minimum Gasteiger partial charge on any atom is -0.480 e. The summed E-state index contributed by atoms with van der Waals surface area (Å²) in [5.74, 6) is -2.38. The number of hydrogen-bond donors (Lipinski definition) is 1. The molecule has 0 fully saturated rings. The Morgan fingerprint density at radius 3 is 2.20 bits per heavy atom. The van der Waals surface area contributed by atoms with Crippen LogP contribution in [0.2, 0.25) is 0 Å². The van der Waals surface area contributed by atoms with Gasteiger partial charge in [0.25, 0.3) is 0 Å². The standard InChI is InChI=1S/C26H31N3O6/c1-3-35-26(33)23(14-13-19-9-5-4-6-10-19)29(27-34)18(2)25(32)28(17-24(30)31)22-15-20-11-7-8-12-21(20)16-22/h4-12,18,22-23H,3,13-17H2,1-2H3,(H,30,31)/t18-,23-/m0/s1. The molecule has 0 radical (unpaired) electrons. The molecule has 0 heterocycles. The van der Waals surface area contributed by atoms with Crippen LogP contribution >= 0.6 is 0 Å². The van der Waals surface area contributed by atoms with Crippen molar-refractivity contribution in [3.8, 4) is 0 Å². The largest absolute Gasteiger partial charge is 0.480 e. The Balaban J connectivity index is 1.81. The van der Waals surface area contributed by atoms with E-state index in [-0.39, 0.29) is 19.1 Å². The second-order valence-corrected chi connectivity index (χ2v) is 8.62. The van der Waals surface area contributed by atoms with E-state index in [1.807, 2.05) is 54.6 Å². The number of nitroso groups, excluding NO2 is 1. The minimum atomic E-state index is -1.15. The molecule has 0 bridgehead atoms. The Bertz CT molecular complexity index is 1020. The van der Waals surface area contributed by atoms with E-state index in [1.165, 1.54) is 11.8 Å². The van der Waals surface area contributed by atoms with Gasteiger partial charge in [0, 0.05) is 6.04 Å². The Morgan fingerprint density at radius 2 is 1.66 bits per heavy atom. The predicted octanol–water partition coefficient (Wildman–Crippen LogP) is 3.00. The SMILES string of the molecule is CCOC(=O)[C@H](CCc1ccccc1)N(N=O)[C@@H](C)C(=O)N(CC(=O)O)C1Cc2ccccc2C1. The summed E-state index contributed by atoms with van der Waals surface area (Å²) < 4.78 is 5.17. The Kier molecular flexibility index (Phi) is 8.94. The maximum Gasteiger partial charge on any atom is 0.330 e. The average molecular weight is 482 g/mol. The molecule has 1 aliphatic carbocycles. The number of carboxylic acid groups (broad SMARTS) is 1. The molecular weight excluding hydrogens is 450 g/mol. The number of aliphatic carboxylic acids is 1. The lowest BCUT2D eigenvalue weighted by Gasteiger charge is -2.35. The molecule has 1 aliphatic rings. The fourth-order valence-corrected chi connectivity index (χ4v) is 4.58. The van der Waals surface area contributed by atoms with Crippen LogP contribution in [0, 0.1) is 4.91 Å². The van der Waals surface area contributed by atoms with Gasteiger partial charge in [-0.1, -0.05) is 54.6 Å². The number of esters is 1. The smallest absolute Gasteiger partial charge is 0.330 e. The van der Waals surface area contributed by atoms with Gasteiger partial charge in [0.2, 0.25) is 5.91 Å². The Labute approximate surface area is 204 Å². The van der Waals surface area contributed by atoms with Gasteiger partial charge in [0.05, 0.1) is 11.9 Å². The van der Waals surface area contributed by atoms with E-state index in [0.29, 0.717) is 19.3 Å². The molecule has 0 spiro atoms. The number of benzene rings is 2. The number of nitrogens with zero attached hydrogens (tertiary/aromatic N) is 3. The van der Waals surface area contributed by atoms with Crippen molar-refractivity contribution in [1.29, 1.82) is 0 Å². The molecule has 35 heavy (non-hydrogen) atoms. The molecular formula is C26H31N3O6. The summed E-state index contributed by atoms with van der Waals surface area (Å²) >= 11 is 0. The quantitative estimate of drug-likeness (QED) is 0.281. The first kappa shape index (κ1) is 25.9. The van der Waals surface area contributed by atoms with Crippen LogP contribution in [0.15, 0.2) is 59.9 Å². The molecule has 3 rings (SSSR count). The fourth-order valence-electron chi connectivity index (χ4n) is 4.58. The number of carbonyl (C=O) groups excluding carboxylic acids is 2. The number of fused-ring (bicyclic) bond motifs is 1. The van der Waals surface area contributed by atoms with E-state index in [9.17, 15) is 24.4 Å². The third kappa shape index (κ3) is 6.44. The van der Waals surface area contributed by atoms with Crippen LogP contribution in [0.5, 0.6) is 0 Å². The lowest BCUT2D eigenvalue weighted by Crippen LogP contribution is -2.55. The highest BCUT2D eigenvalue weighted by atomic mass is 16.5.